The molecule has 0 aromatic heterocycles. The summed E-state index contributed by atoms with van der Waals surface area (Å²) >= 11 is 0. The molecule has 2 aliphatic rings. The summed E-state index contributed by atoms with van der Waals surface area (Å²) in [5.74, 6) is 1.28. The molecule has 2 heterocycles. The van der Waals surface area contributed by atoms with E-state index in [-0.39, 0.29) is 17.9 Å². The number of benzene rings is 1. The number of hydrogen-bond donors (Lipinski definition) is 0. The van der Waals surface area contributed by atoms with Crippen molar-refractivity contribution in [2.24, 2.45) is 5.92 Å². The Morgan fingerprint density at radius 1 is 1.00 bits per heavy atom. The van der Waals surface area contributed by atoms with Crippen LogP contribution in [0.2, 0.25) is 0 Å². The van der Waals surface area contributed by atoms with E-state index in [9.17, 15) is 9.59 Å². The summed E-state index contributed by atoms with van der Waals surface area (Å²) in [5.41, 5.74) is 1.25. The zero-order valence-electron chi connectivity index (χ0n) is 14.9. The number of hydrogen-bond acceptors (Lipinski definition) is 4. The van der Waals surface area contributed by atoms with Crippen LogP contribution in [-0.2, 0) is 9.53 Å². The predicted molar refractivity (Wildman–Crippen MR) is 93.6 cm³/mol. The molecule has 6 heteroatoms. The molecule has 2 amide bonds. The summed E-state index contributed by atoms with van der Waals surface area (Å²) < 4.78 is 9.99. The van der Waals surface area contributed by atoms with E-state index in [0.29, 0.717) is 19.0 Å². The molecule has 0 spiro atoms. The fourth-order valence-corrected chi connectivity index (χ4v) is 3.84. The van der Waals surface area contributed by atoms with E-state index in [1.54, 1.807) is 12.0 Å². The van der Waals surface area contributed by atoms with Crippen molar-refractivity contribution in [2.75, 3.05) is 40.4 Å². The van der Waals surface area contributed by atoms with Gasteiger partial charge in [-0.15, -0.1) is 0 Å². The van der Waals surface area contributed by atoms with Crippen LogP contribution in [0.15, 0.2) is 24.3 Å². The highest BCUT2D eigenvalue weighted by atomic mass is 16.5. The van der Waals surface area contributed by atoms with Crippen LogP contribution in [0.25, 0.3) is 0 Å². The molecule has 2 saturated heterocycles. The van der Waals surface area contributed by atoms with Crippen molar-refractivity contribution in [1.82, 2.24) is 9.80 Å². The van der Waals surface area contributed by atoms with E-state index in [2.05, 4.69) is 12.1 Å². The number of ether oxygens (including phenoxy) is 2. The molecule has 25 heavy (non-hydrogen) atoms. The normalized spacial score (nSPS) is 23.4. The lowest BCUT2D eigenvalue weighted by Gasteiger charge is -2.33. The molecule has 0 saturated carbocycles. The minimum absolute atomic E-state index is 0.109. The second kappa shape index (κ2) is 7.76. The van der Waals surface area contributed by atoms with Gasteiger partial charge in [-0.3, -0.25) is 4.79 Å². The molecule has 1 aromatic rings. The van der Waals surface area contributed by atoms with Gasteiger partial charge in [0.05, 0.1) is 20.1 Å². The van der Waals surface area contributed by atoms with Crippen molar-refractivity contribution in [3.05, 3.63) is 29.8 Å². The third-order valence-electron chi connectivity index (χ3n) is 5.29. The lowest BCUT2D eigenvalue weighted by atomic mass is 9.96. The predicted octanol–water partition coefficient (Wildman–Crippen LogP) is 2.49. The third kappa shape index (κ3) is 3.89. The van der Waals surface area contributed by atoms with Crippen LogP contribution >= 0.6 is 0 Å². The molecule has 0 unspecified atom stereocenters. The second-order valence-electron chi connectivity index (χ2n) is 6.80. The Labute approximate surface area is 148 Å². The van der Waals surface area contributed by atoms with E-state index < -0.39 is 0 Å². The van der Waals surface area contributed by atoms with Crippen LogP contribution in [0, 0.1) is 5.92 Å². The van der Waals surface area contributed by atoms with Crippen molar-refractivity contribution in [3.63, 3.8) is 0 Å². The molecule has 6 nitrogen and oxygen atoms in total. The summed E-state index contributed by atoms with van der Waals surface area (Å²) in [4.78, 5) is 28.2. The van der Waals surface area contributed by atoms with Gasteiger partial charge in [0.15, 0.2) is 0 Å². The Morgan fingerprint density at radius 2 is 1.76 bits per heavy atom. The molecule has 2 fully saturated rings. The Hall–Kier alpha value is -2.24. The van der Waals surface area contributed by atoms with Gasteiger partial charge in [-0.1, -0.05) is 12.1 Å². The number of carbonyl (C=O) groups is 2. The van der Waals surface area contributed by atoms with Crippen molar-refractivity contribution in [2.45, 2.75) is 25.2 Å². The molecule has 2 aliphatic heterocycles. The van der Waals surface area contributed by atoms with Crippen LogP contribution in [0.5, 0.6) is 5.75 Å². The first-order valence-corrected chi connectivity index (χ1v) is 8.88. The molecular weight excluding hydrogens is 320 g/mol. The molecule has 2 atom stereocenters. The third-order valence-corrected chi connectivity index (χ3v) is 5.29. The molecule has 0 bridgehead atoms. The smallest absolute Gasteiger partial charge is 0.409 e. The van der Waals surface area contributed by atoms with Gasteiger partial charge in [0.25, 0.3) is 0 Å². The van der Waals surface area contributed by atoms with Gasteiger partial charge in [-0.05, 0) is 37.0 Å². The quantitative estimate of drug-likeness (QED) is 0.844. The number of rotatable bonds is 3. The summed E-state index contributed by atoms with van der Waals surface area (Å²) in [6.07, 6.45) is 2.33. The largest absolute Gasteiger partial charge is 0.497 e. The fraction of sp³-hybridized carbons (Fsp3) is 0.579. The van der Waals surface area contributed by atoms with Crippen LogP contribution in [0.3, 0.4) is 0 Å². The maximum atomic E-state index is 12.9. The highest BCUT2D eigenvalue weighted by Gasteiger charge is 2.35. The molecule has 0 aliphatic carbocycles. The Kier molecular flexibility index (Phi) is 5.46. The van der Waals surface area contributed by atoms with Crippen LogP contribution in [-0.4, -0.2) is 62.2 Å². The van der Waals surface area contributed by atoms with Gasteiger partial charge in [0, 0.05) is 32.1 Å². The number of piperidine rings is 1. The van der Waals surface area contributed by atoms with Crippen LogP contribution < -0.4 is 4.74 Å². The maximum absolute atomic E-state index is 12.9. The molecule has 136 valence electrons. The monoisotopic (exact) mass is 346 g/mol. The van der Waals surface area contributed by atoms with Crippen molar-refractivity contribution in [3.8, 4) is 5.75 Å². The fourth-order valence-electron chi connectivity index (χ4n) is 3.84. The average Bonchev–Trinajstić information content (AvgIpc) is 3.17. The highest BCUT2D eigenvalue weighted by Crippen LogP contribution is 2.30. The molecule has 3 rings (SSSR count). The van der Waals surface area contributed by atoms with E-state index in [0.717, 1.165) is 38.1 Å². The average molecular weight is 346 g/mol. The minimum atomic E-state index is -0.338. The first kappa shape index (κ1) is 17.6. The first-order chi connectivity index (χ1) is 12.1. The van der Waals surface area contributed by atoms with Crippen molar-refractivity contribution < 1.29 is 19.1 Å². The molecule has 1 aromatic carbocycles. The first-order valence-electron chi connectivity index (χ1n) is 8.88. The Balaban J connectivity index is 1.59. The summed E-state index contributed by atoms with van der Waals surface area (Å²) in [5, 5.41) is 0. The summed E-state index contributed by atoms with van der Waals surface area (Å²) in [6, 6.07) is 8.10. The van der Waals surface area contributed by atoms with Gasteiger partial charge in [0.2, 0.25) is 5.91 Å². The maximum Gasteiger partial charge on any atom is 0.409 e. The lowest BCUT2D eigenvalue weighted by molar-refractivity contribution is -0.136. The Morgan fingerprint density at radius 3 is 2.44 bits per heavy atom. The van der Waals surface area contributed by atoms with E-state index in [4.69, 9.17) is 9.47 Å². The number of nitrogens with zero attached hydrogens (tertiary/aromatic N) is 2. The minimum Gasteiger partial charge on any atom is -0.497 e. The zero-order chi connectivity index (χ0) is 17.8. The van der Waals surface area contributed by atoms with Gasteiger partial charge in [0.1, 0.15) is 5.75 Å². The molecular formula is C19H26N2O4. The van der Waals surface area contributed by atoms with E-state index in [1.807, 2.05) is 17.0 Å². The SMILES string of the molecule is COC(=O)N1CCC[C@H](C(=O)N2CC[C@H](c3ccc(OC)cc3)C2)C1. The lowest BCUT2D eigenvalue weighted by Crippen LogP contribution is -2.46. The van der Waals surface area contributed by atoms with Crippen LogP contribution in [0.4, 0.5) is 4.79 Å². The molecule has 0 radical (unpaired) electrons. The van der Waals surface area contributed by atoms with Gasteiger partial charge >= 0.3 is 6.09 Å². The summed E-state index contributed by atoms with van der Waals surface area (Å²) in [6.45, 7) is 2.67. The van der Waals surface area contributed by atoms with E-state index >= 15 is 0 Å². The van der Waals surface area contributed by atoms with Crippen molar-refractivity contribution in [1.29, 1.82) is 0 Å². The van der Waals surface area contributed by atoms with Gasteiger partial charge in [-0.25, -0.2) is 4.79 Å². The van der Waals surface area contributed by atoms with Gasteiger partial charge in [-0.2, -0.15) is 0 Å². The standard InChI is InChI=1S/C19H26N2O4/c1-24-17-7-5-14(6-8-17)15-9-11-20(12-15)18(22)16-4-3-10-21(13-16)19(23)25-2/h5-8,15-16H,3-4,9-13H2,1-2H3/t15-,16-/m0/s1. The van der Waals surface area contributed by atoms with Gasteiger partial charge < -0.3 is 19.3 Å². The molecule has 0 N–H and O–H groups in total. The topological polar surface area (TPSA) is 59.1 Å². The summed E-state index contributed by atoms with van der Waals surface area (Å²) in [7, 11) is 3.04. The number of likely N-dealkylation sites (tertiary alicyclic amines) is 2. The number of amides is 2. The highest BCUT2D eigenvalue weighted by molar-refractivity contribution is 5.80. The van der Waals surface area contributed by atoms with E-state index in [1.165, 1.54) is 12.7 Å². The van der Waals surface area contributed by atoms with Crippen LogP contribution in [0.1, 0.15) is 30.7 Å². The second-order valence-corrected chi connectivity index (χ2v) is 6.80. The van der Waals surface area contributed by atoms with Crippen molar-refractivity contribution >= 4 is 12.0 Å². The Bertz CT molecular complexity index is 616. The number of carbonyl (C=O) groups excluding carboxylic acids is 2. The number of methoxy groups -OCH3 is 2. The zero-order valence-corrected chi connectivity index (χ0v) is 14.9.